The van der Waals surface area contributed by atoms with Crippen LogP contribution < -0.4 is 10.6 Å². The van der Waals surface area contributed by atoms with Crippen molar-refractivity contribution in [2.75, 3.05) is 31.6 Å². The Morgan fingerprint density at radius 2 is 1.92 bits per heavy atom. The van der Waals surface area contributed by atoms with Crippen molar-refractivity contribution in [3.05, 3.63) is 40.3 Å². The van der Waals surface area contributed by atoms with E-state index in [-0.39, 0.29) is 11.1 Å². The van der Waals surface area contributed by atoms with Gasteiger partial charge in [-0.25, -0.2) is 0 Å². The number of imide groups is 1. The molecule has 26 heavy (non-hydrogen) atoms. The van der Waals surface area contributed by atoms with Crippen molar-refractivity contribution < 1.29 is 9.59 Å². The number of nitrogens with one attached hydrogen (secondary N) is 2. The maximum atomic E-state index is 12.4. The number of benzene rings is 1. The summed E-state index contributed by atoms with van der Waals surface area (Å²) < 4.78 is 0. The van der Waals surface area contributed by atoms with Crippen LogP contribution in [0.4, 0.5) is 4.79 Å². The zero-order valence-corrected chi connectivity index (χ0v) is 17.4. The molecular weight excluding hydrogens is 386 g/mol. The van der Waals surface area contributed by atoms with Gasteiger partial charge >= 0.3 is 0 Å². The Labute approximate surface area is 168 Å². The van der Waals surface area contributed by atoms with E-state index in [9.17, 15) is 9.59 Å². The highest BCUT2D eigenvalue weighted by atomic mass is 32.2. The molecule has 0 unspecified atom stereocenters. The molecule has 0 aliphatic carbocycles. The van der Waals surface area contributed by atoms with Gasteiger partial charge in [-0.2, -0.15) is 11.8 Å². The van der Waals surface area contributed by atoms with Crippen LogP contribution in [0.1, 0.15) is 17.5 Å². The second kappa shape index (κ2) is 10.6. The minimum absolute atomic E-state index is 0.242. The number of thiocarbonyl (C=S) groups is 1. The maximum Gasteiger partial charge on any atom is 0.293 e. The van der Waals surface area contributed by atoms with Crippen LogP contribution in [-0.4, -0.2) is 52.8 Å². The van der Waals surface area contributed by atoms with Gasteiger partial charge in [0.15, 0.2) is 5.11 Å². The lowest BCUT2D eigenvalue weighted by Gasteiger charge is -2.14. The Balaban J connectivity index is 1.81. The van der Waals surface area contributed by atoms with E-state index in [0.29, 0.717) is 23.1 Å². The van der Waals surface area contributed by atoms with E-state index in [1.807, 2.05) is 31.2 Å². The fourth-order valence-corrected chi connectivity index (χ4v) is 3.77. The molecular formula is C18H23N3O2S3. The quantitative estimate of drug-likeness (QED) is 0.388. The Bertz CT molecular complexity index is 689. The summed E-state index contributed by atoms with van der Waals surface area (Å²) in [6.07, 6.45) is 4.87. The molecule has 1 aromatic rings. The molecule has 1 fully saturated rings. The molecule has 0 atom stereocenters. The minimum Gasteiger partial charge on any atom is -0.363 e. The van der Waals surface area contributed by atoms with Gasteiger partial charge < -0.3 is 10.6 Å². The van der Waals surface area contributed by atoms with Gasteiger partial charge in [-0.3, -0.25) is 14.5 Å². The fraction of sp³-hybridized carbons (Fsp3) is 0.389. The van der Waals surface area contributed by atoms with Crippen LogP contribution in [0.2, 0.25) is 0 Å². The lowest BCUT2D eigenvalue weighted by atomic mass is 10.1. The molecule has 0 bridgehead atoms. The van der Waals surface area contributed by atoms with Gasteiger partial charge in [0.25, 0.3) is 11.1 Å². The number of hydrogen-bond acceptors (Lipinski definition) is 5. The summed E-state index contributed by atoms with van der Waals surface area (Å²) >= 11 is 7.96. The fourth-order valence-electron chi connectivity index (χ4n) is 2.27. The zero-order chi connectivity index (χ0) is 18.9. The number of aryl methyl sites for hydroxylation is 1. The van der Waals surface area contributed by atoms with Gasteiger partial charge in [-0.15, -0.1) is 0 Å². The molecule has 140 valence electrons. The first-order valence-corrected chi connectivity index (χ1v) is 11.0. The van der Waals surface area contributed by atoms with Crippen LogP contribution in [0.3, 0.4) is 0 Å². The molecule has 1 aromatic carbocycles. The van der Waals surface area contributed by atoms with Crippen molar-refractivity contribution in [2.24, 2.45) is 0 Å². The predicted molar refractivity (Wildman–Crippen MR) is 115 cm³/mol. The highest BCUT2D eigenvalue weighted by Gasteiger charge is 2.34. The van der Waals surface area contributed by atoms with Crippen LogP contribution >= 0.6 is 35.7 Å². The number of carbonyl (C=O) groups is 2. The second-order valence-electron chi connectivity index (χ2n) is 5.77. The summed E-state index contributed by atoms with van der Waals surface area (Å²) in [4.78, 5) is 26.3. The molecule has 0 saturated carbocycles. The van der Waals surface area contributed by atoms with Gasteiger partial charge in [0.1, 0.15) is 0 Å². The number of rotatable bonds is 8. The van der Waals surface area contributed by atoms with Gasteiger partial charge in [0, 0.05) is 19.6 Å². The number of thioether (sulfide) groups is 2. The van der Waals surface area contributed by atoms with E-state index >= 15 is 0 Å². The summed E-state index contributed by atoms with van der Waals surface area (Å²) in [6.45, 7) is 3.55. The lowest BCUT2D eigenvalue weighted by Crippen LogP contribution is -2.41. The van der Waals surface area contributed by atoms with Gasteiger partial charge in [-0.05, 0) is 61.0 Å². The second-order valence-corrected chi connectivity index (χ2v) is 8.16. The third-order valence-corrected chi connectivity index (χ3v) is 5.57. The minimum atomic E-state index is -0.249. The van der Waals surface area contributed by atoms with Crippen molar-refractivity contribution in [2.45, 2.75) is 13.3 Å². The van der Waals surface area contributed by atoms with Gasteiger partial charge in [0.05, 0.1) is 4.91 Å². The summed E-state index contributed by atoms with van der Waals surface area (Å²) in [5.74, 6) is 0.834. The van der Waals surface area contributed by atoms with E-state index in [1.165, 1.54) is 4.90 Å². The molecule has 1 heterocycles. The van der Waals surface area contributed by atoms with E-state index in [2.05, 4.69) is 16.9 Å². The third kappa shape index (κ3) is 6.34. The lowest BCUT2D eigenvalue weighted by molar-refractivity contribution is -0.122. The monoisotopic (exact) mass is 409 g/mol. The number of nitrogens with zero attached hydrogens (tertiary/aromatic N) is 1. The Kier molecular flexibility index (Phi) is 8.47. The molecule has 0 aromatic heterocycles. The van der Waals surface area contributed by atoms with Crippen molar-refractivity contribution in [3.63, 3.8) is 0 Å². The largest absolute Gasteiger partial charge is 0.363 e. The molecule has 8 heteroatoms. The molecule has 2 rings (SSSR count). The van der Waals surface area contributed by atoms with E-state index in [4.69, 9.17) is 12.2 Å². The topological polar surface area (TPSA) is 61.4 Å². The summed E-state index contributed by atoms with van der Waals surface area (Å²) in [6, 6.07) is 7.83. The van der Waals surface area contributed by atoms with Crippen molar-refractivity contribution >= 4 is 58.1 Å². The molecule has 0 radical (unpaired) electrons. The van der Waals surface area contributed by atoms with Crippen molar-refractivity contribution in [1.29, 1.82) is 0 Å². The number of carbonyl (C=O) groups excluding carboxylic acids is 2. The Hall–Kier alpha value is -1.51. The average Bonchev–Trinajstić information content (AvgIpc) is 2.88. The summed E-state index contributed by atoms with van der Waals surface area (Å²) in [7, 11) is 0. The van der Waals surface area contributed by atoms with Crippen LogP contribution in [-0.2, 0) is 4.79 Å². The SMILES string of the molecule is CSCCCNC(=S)NCCN1C(=O)S/C(=C\c2ccc(C)cc2)C1=O. The predicted octanol–water partition coefficient (Wildman–Crippen LogP) is 3.25. The third-order valence-electron chi connectivity index (χ3n) is 3.68. The highest BCUT2D eigenvalue weighted by molar-refractivity contribution is 8.18. The van der Waals surface area contributed by atoms with Crippen LogP contribution in [0.5, 0.6) is 0 Å². The molecule has 2 amide bonds. The molecule has 0 spiro atoms. The van der Waals surface area contributed by atoms with Crippen molar-refractivity contribution in [3.8, 4) is 0 Å². The molecule has 2 N–H and O–H groups in total. The standard InChI is InChI=1S/C18H23N3O2S3/c1-13-4-6-14(7-5-13)12-15-16(22)21(18(23)26-15)10-9-20-17(24)19-8-3-11-25-2/h4-7,12H,3,8-11H2,1-2H3,(H2,19,20,24)/b15-12-. The first-order valence-electron chi connectivity index (χ1n) is 8.34. The zero-order valence-electron chi connectivity index (χ0n) is 14.9. The summed E-state index contributed by atoms with van der Waals surface area (Å²) in [5.41, 5.74) is 2.06. The van der Waals surface area contributed by atoms with Gasteiger partial charge in [-0.1, -0.05) is 29.8 Å². The molecule has 1 saturated heterocycles. The highest BCUT2D eigenvalue weighted by Crippen LogP contribution is 2.31. The first-order chi connectivity index (χ1) is 12.5. The van der Waals surface area contributed by atoms with E-state index in [1.54, 1.807) is 17.8 Å². The smallest absolute Gasteiger partial charge is 0.293 e. The number of amides is 2. The van der Waals surface area contributed by atoms with E-state index < -0.39 is 0 Å². The molecule has 5 nitrogen and oxygen atoms in total. The number of hydrogen-bond donors (Lipinski definition) is 2. The van der Waals surface area contributed by atoms with Gasteiger partial charge in [0.2, 0.25) is 0 Å². The van der Waals surface area contributed by atoms with E-state index in [0.717, 1.165) is 41.6 Å². The normalized spacial score (nSPS) is 15.6. The molecule has 1 aliphatic rings. The van der Waals surface area contributed by atoms with Crippen LogP contribution in [0, 0.1) is 6.92 Å². The first kappa shape index (κ1) is 20.8. The Morgan fingerprint density at radius 1 is 1.23 bits per heavy atom. The maximum absolute atomic E-state index is 12.4. The average molecular weight is 410 g/mol. The van der Waals surface area contributed by atoms with Crippen LogP contribution in [0.25, 0.3) is 6.08 Å². The van der Waals surface area contributed by atoms with Crippen molar-refractivity contribution in [1.82, 2.24) is 15.5 Å². The Morgan fingerprint density at radius 3 is 2.62 bits per heavy atom. The van der Waals surface area contributed by atoms with Crippen LogP contribution in [0.15, 0.2) is 29.2 Å². The summed E-state index contributed by atoms with van der Waals surface area (Å²) in [5, 5.41) is 6.46. The molecule has 1 aliphatic heterocycles.